The molecule has 2 rings (SSSR count). The van der Waals surface area contributed by atoms with E-state index in [9.17, 15) is 4.21 Å². The van der Waals surface area contributed by atoms with Gasteiger partial charge in [-0.15, -0.1) is 0 Å². The van der Waals surface area contributed by atoms with Crippen molar-refractivity contribution in [2.45, 2.75) is 121 Å². The van der Waals surface area contributed by atoms with E-state index in [-0.39, 0.29) is 4.75 Å². The highest BCUT2D eigenvalue weighted by Gasteiger charge is 2.40. The van der Waals surface area contributed by atoms with Gasteiger partial charge >= 0.3 is 0 Å². The Labute approximate surface area is 160 Å². The lowest BCUT2D eigenvalue weighted by Crippen LogP contribution is -2.40. The van der Waals surface area contributed by atoms with Gasteiger partial charge in [0.1, 0.15) is 0 Å². The van der Waals surface area contributed by atoms with E-state index in [0.717, 1.165) is 17.8 Å². The molecule has 148 valence electrons. The van der Waals surface area contributed by atoms with Crippen molar-refractivity contribution >= 4 is 10.8 Å². The summed E-state index contributed by atoms with van der Waals surface area (Å²) < 4.78 is 12.5. The van der Waals surface area contributed by atoms with E-state index >= 15 is 0 Å². The number of rotatable bonds is 10. The van der Waals surface area contributed by atoms with Crippen LogP contribution in [0.15, 0.2) is 0 Å². The zero-order chi connectivity index (χ0) is 18.1. The van der Waals surface area contributed by atoms with E-state index in [0.29, 0.717) is 0 Å². The molecule has 2 saturated carbocycles. The minimum absolute atomic E-state index is 0.168. The van der Waals surface area contributed by atoms with E-state index in [2.05, 4.69) is 13.8 Å². The summed E-state index contributed by atoms with van der Waals surface area (Å²) in [5.74, 6) is 2.96. The van der Waals surface area contributed by atoms with Crippen LogP contribution in [-0.4, -0.2) is 15.2 Å². The van der Waals surface area contributed by atoms with Crippen LogP contribution in [0.2, 0.25) is 0 Å². The molecule has 0 aromatic carbocycles. The Hall–Kier alpha value is 0.150. The maximum Gasteiger partial charge on any atom is 0.0456 e. The van der Waals surface area contributed by atoms with Crippen molar-refractivity contribution in [2.24, 2.45) is 17.8 Å². The van der Waals surface area contributed by atoms with Gasteiger partial charge in [-0.1, -0.05) is 71.6 Å². The summed E-state index contributed by atoms with van der Waals surface area (Å²) in [6.45, 7) is 4.56. The quantitative estimate of drug-likeness (QED) is 0.371. The summed E-state index contributed by atoms with van der Waals surface area (Å²) in [7, 11) is -0.643. The van der Waals surface area contributed by atoms with Gasteiger partial charge in [-0.25, -0.2) is 0 Å². The van der Waals surface area contributed by atoms with Gasteiger partial charge in [0.05, 0.1) is 0 Å². The van der Waals surface area contributed by atoms with Crippen molar-refractivity contribution in [3.8, 4) is 0 Å². The van der Waals surface area contributed by atoms with Gasteiger partial charge < -0.3 is 0 Å². The third kappa shape index (κ3) is 6.36. The smallest absolute Gasteiger partial charge is 0.0456 e. The first kappa shape index (κ1) is 21.5. The molecular weight excluding hydrogens is 324 g/mol. The standard InChI is InChI=1S/C23H44OS/c1-4-6-7-8-9-10-20-11-13-21(14-12-20)22-15-18-23(17-5-2,19-16-22)25(3)24/h20-22H,4-19H2,1-3H3. The largest absolute Gasteiger partial charge is 0.259 e. The highest BCUT2D eigenvalue weighted by atomic mass is 32.2. The van der Waals surface area contributed by atoms with Gasteiger partial charge in [0.2, 0.25) is 0 Å². The van der Waals surface area contributed by atoms with E-state index in [4.69, 9.17) is 0 Å². The fourth-order valence-electron chi connectivity index (χ4n) is 5.76. The number of hydrogen-bond donors (Lipinski definition) is 0. The van der Waals surface area contributed by atoms with Crippen LogP contribution < -0.4 is 0 Å². The van der Waals surface area contributed by atoms with Crippen LogP contribution in [0.25, 0.3) is 0 Å². The zero-order valence-electron chi connectivity index (χ0n) is 17.4. The van der Waals surface area contributed by atoms with Gasteiger partial charge in [0, 0.05) is 21.8 Å². The van der Waals surface area contributed by atoms with Crippen LogP contribution in [0.4, 0.5) is 0 Å². The van der Waals surface area contributed by atoms with Crippen LogP contribution in [0.5, 0.6) is 0 Å². The molecule has 25 heavy (non-hydrogen) atoms. The molecule has 0 saturated heterocycles. The number of unbranched alkanes of at least 4 members (excludes halogenated alkanes) is 4. The molecule has 2 aliphatic carbocycles. The molecule has 0 heterocycles. The highest BCUT2D eigenvalue weighted by molar-refractivity contribution is 7.85. The van der Waals surface area contributed by atoms with Crippen molar-refractivity contribution in [2.75, 3.05) is 6.26 Å². The second-order valence-electron chi connectivity index (χ2n) is 9.21. The Morgan fingerprint density at radius 3 is 1.96 bits per heavy atom. The molecule has 1 unspecified atom stereocenters. The van der Waals surface area contributed by atoms with Gasteiger partial charge in [-0.05, 0) is 62.7 Å². The third-order valence-electron chi connectivity index (χ3n) is 7.53. The van der Waals surface area contributed by atoms with Gasteiger partial charge in [-0.3, -0.25) is 4.21 Å². The third-order valence-corrected chi connectivity index (χ3v) is 9.36. The fourth-order valence-corrected chi connectivity index (χ4v) is 7.06. The Balaban J connectivity index is 1.67. The first-order chi connectivity index (χ1) is 12.1. The Morgan fingerprint density at radius 2 is 1.40 bits per heavy atom. The summed E-state index contributed by atoms with van der Waals surface area (Å²) in [6, 6.07) is 0. The summed E-state index contributed by atoms with van der Waals surface area (Å²) in [4.78, 5) is 0. The topological polar surface area (TPSA) is 17.1 Å². The minimum Gasteiger partial charge on any atom is -0.259 e. The predicted octanol–water partition coefficient (Wildman–Crippen LogP) is 7.26. The molecule has 2 aliphatic rings. The number of hydrogen-bond acceptors (Lipinski definition) is 1. The molecule has 0 aliphatic heterocycles. The molecule has 0 amide bonds. The van der Waals surface area contributed by atoms with E-state index < -0.39 is 10.8 Å². The fraction of sp³-hybridized carbons (Fsp3) is 1.00. The molecule has 2 fully saturated rings. The highest BCUT2D eigenvalue weighted by Crippen LogP contribution is 2.46. The summed E-state index contributed by atoms with van der Waals surface area (Å²) in [6.07, 6.45) is 24.1. The van der Waals surface area contributed by atoms with Crippen molar-refractivity contribution in [3.05, 3.63) is 0 Å². The van der Waals surface area contributed by atoms with Gasteiger partial charge in [-0.2, -0.15) is 0 Å². The lowest BCUT2D eigenvalue weighted by atomic mass is 9.68. The average Bonchev–Trinajstić information content (AvgIpc) is 2.63. The van der Waals surface area contributed by atoms with E-state index in [1.165, 1.54) is 103 Å². The van der Waals surface area contributed by atoms with Crippen LogP contribution in [-0.2, 0) is 10.8 Å². The Kier molecular flexibility index (Phi) is 9.52. The maximum absolute atomic E-state index is 12.3. The Morgan fingerprint density at radius 1 is 0.800 bits per heavy atom. The second kappa shape index (κ2) is 11.1. The van der Waals surface area contributed by atoms with Crippen LogP contribution in [0.3, 0.4) is 0 Å². The first-order valence-corrected chi connectivity index (χ1v) is 13.0. The molecule has 0 spiro atoms. The van der Waals surface area contributed by atoms with Crippen LogP contribution in [0.1, 0.15) is 117 Å². The first-order valence-electron chi connectivity index (χ1n) is 11.4. The molecule has 0 bridgehead atoms. The lowest BCUT2D eigenvalue weighted by molar-refractivity contribution is 0.147. The molecule has 0 N–H and O–H groups in total. The molecule has 0 aromatic heterocycles. The molecular formula is C23H44OS. The predicted molar refractivity (Wildman–Crippen MR) is 112 cm³/mol. The van der Waals surface area contributed by atoms with Crippen molar-refractivity contribution in [1.29, 1.82) is 0 Å². The monoisotopic (exact) mass is 368 g/mol. The Bertz CT molecular complexity index is 376. The normalized spacial score (nSPS) is 34.8. The molecule has 1 nitrogen and oxygen atoms in total. The average molecular weight is 369 g/mol. The van der Waals surface area contributed by atoms with Crippen LogP contribution in [0, 0.1) is 17.8 Å². The van der Waals surface area contributed by atoms with Gasteiger partial charge in [0.25, 0.3) is 0 Å². The summed E-state index contributed by atoms with van der Waals surface area (Å²) in [5, 5.41) is 0. The van der Waals surface area contributed by atoms with Crippen LogP contribution >= 0.6 is 0 Å². The zero-order valence-corrected chi connectivity index (χ0v) is 18.2. The lowest BCUT2D eigenvalue weighted by Gasteiger charge is -2.43. The van der Waals surface area contributed by atoms with E-state index in [1.54, 1.807) is 0 Å². The van der Waals surface area contributed by atoms with E-state index in [1.807, 2.05) is 6.26 Å². The summed E-state index contributed by atoms with van der Waals surface area (Å²) in [5.41, 5.74) is 0. The minimum atomic E-state index is -0.643. The molecule has 2 heteroatoms. The van der Waals surface area contributed by atoms with Crippen molar-refractivity contribution < 1.29 is 4.21 Å². The molecule has 0 radical (unpaired) electrons. The molecule has 0 aromatic rings. The second-order valence-corrected chi connectivity index (χ2v) is 11.0. The van der Waals surface area contributed by atoms with Crippen molar-refractivity contribution in [1.82, 2.24) is 0 Å². The summed E-state index contributed by atoms with van der Waals surface area (Å²) >= 11 is 0. The maximum atomic E-state index is 12.3. The molecule has 1 atom stereocenters. The van der Waals surface area contributed by atoms with Gasteiger partial charge in [0.15, 0.2) is 0 Å². The SMILES string of the molecule is CCCCCCCC1CCC(C2CCC(CCC)(S(C)=O)CC2)CC1. The van der Waals surface area contributed by atoms with Crippen molar-refractivity contribution in [3.63, 3.8) is 0 Å².